The lowest BCUT2D eigenvalue weighted by molar-refractivity contribution is 0.768. The molecular weight excluding hydrogens is 254 g/mol. The lowest BCUT2D eigenvalue weighted by atomic mass is 10.2. The first kappa shape index (κ1) is 14.2. The first-order chi connectivity index (χ1) is 9.60. The Kier molecular flexibility index (Phi) is 4.49. The number of nitrogens with zero attached hydrogens (tertiary/aromatic N) is 5. The third kappa shape index (κ3) is 3.43. The van der Waals surface area contributed by atoms with Crippen molar-refractivity contribution in [3.8, 4) is 0 Å². The molecule has 2 aromatic rings. The van der Waals surface area contributed by atoms with Gasteiger partial charge < -0.3 is 15.2 Å². The fourth-order valence-corrected chi connectivity index (χ4v) is 1.78. The van der Waals surface area contributed by atoms with Gasteiger partial charge in [-0.3, -0.25) is 0 Å². The molecule has 20 heavy (non-hydrogen) atoms. The van der Waals surface area contributed by atoms with Crippen LogP contribution in [0.15, 0.2) is 12.4 Å². The molecule has 0 unspecified atom stereocenters. The minimum absolute atomic E-state index is 0.294. The fraction of sp³-hybridized carbons (Fsp3) is 0.538. The van der Waals surface area contributed by atoms with Gasteiger partial charge in [-0.25, -0.2) is 9.97 Å². The molecule has 0 atom stereocenters. The highest BCUT2D eigenvalue weighted by Crippen LogP contribution is 2.16. The normalized spacial score (nSPS) is 10.8. The maximum atomic E-state index is 4.52. The van der Waals surface area contributed by atoms with Gasteiger partial charge >= 0.3 is 0 Å². The van der Waals surface area contributed by atoms with E-state index in [1.165, 1.54) is 0 Å². The average molecular weight is 275 g/mol. The Bertz CT molecular complexity index is 562. The molecule has 2 N–H and O–H groups in total. The summed E-state index contributed by atoms with van der Waals surface area (Å²) in [7, 11) is 3.80. The van der Waals surface area contributed by atoms with Gasteiger partial charge in [-0.2, -0.15) is 0 Å². The van der Waals surface area contributed by atoms with Crippen molar-refractivity contribution in [1.82, 2.24) is 24.7 Å². The Morgan fingerprint density at radius 1 is 1.25 bits per heavy atom. The molecular formula is C13H21N7. The first-order valence-corrected chi connectivity index (χ1v) is 6.73. The van der Waals surface area contributed by atoms with Gasteiger partial charge in [0, 0.05) is 39.0 Å². The minimum Gasteiger partial charge on any atom is -0.373 e. The molecule has 0 saturated heterocycles. The standard InChI is InChI=1S/C13H21N7/c1-9(2)13-17-10(14-3)7-11(18-13)15-6-5-12-19-16-8-20(12)4/h7-9H,5-6H2,1-4H3,(H2,14,15,17,18). The monoisotopic (exact) mass is 275 g/mol. The second-order valence-electron chi connectivity index (χ2n) is 4.94. The summed E-state index contributed by atoms with van der Waals surface area (Å²) in [6.45, 7) is 4.92. The summed E-state index contributed by atoms with van der Waals surface area (Å²) in [4.78, 5) is 8.95. The quantitative estimate of drug-likeness (QED) is 0.830. The molecule has 0 aliphatic heterocycles. The van der Waals surface area contributed by atoms with Gasteiger partial charge in [-0.15, -0.1) is 10.2 Å². The molecule has 0 spiro atoms. The maximum absolute atomic E-state index is 4.52. The highest BCUT2D eigenvalue weighted by atomic mass is 15.2. The Morgan fingerprint density at radius 3 is 2.60 bits per heavy atom. The zero-order valence-electron chi connectivity index (χ0n) is 12.4. The van der Waals surface area contributed by atoms with Crippen LogP contribution in [0.1, 0.15) is 31.4 Å². The van der Waals surface area contributed by atoms with Gasteiger partial charge in [0.05, 0.1) is 0 Å². The number of hydrogen-bond acceptors (Lipinski definition) is 6. The Balaban J connectivity index is 2.01. The fourth-order valence-electron chi connectivity index (χ4n) is 1.78. The molecule has 0 aliphatic rings. The Hall–Kier alpha value is -2.18. The van der Waals surface area contributed by atoms with E-state index < -0.39 is 0 Å². The van der Waals surface area contributed by atoms with Crippen LogP contribution >= 0.6 is 0 Å². The molecule has 2 aromatic heterocycles. The second-order valence-corrected chi connectivity index (χ2v) is 4.94. The van der Waals surface area contributed by atoms with Gasteiger partial charge in [0.15, 0.2) is 0 Å². The number of nitrogens with one attached hydrogen (secondary N) is 2. The summed E-state index contributed by atoms with van der Waals surface area (Å²) in [5.74, 6) is 3.73. The van der Waals surface area contributed by atoms with Crippen LogP contribution in [0.3, 0.4) is 0 Å². The van der Waals surface area contributed by atoms with Crippen LogP contribution in [-0.4, -0.2) is 38.3 Å². The predicted molar refractivity (Wildman–Crippen MR) is 78.9 cm³/mol. The van der Waals surface area contributed by atoms with Gasteiger partial charge in [-0.05, 0) is 0 Å². The van der Waals surface area contributed by atoms with Crippen LogP contribution in [0.25, 0.3) is 0 Å². The van der Waals surface area contributed by atoms with E-state index in [0.717, 1.165) is 36.3 Å². The molecule has 7 nitrogen and oxygen atoms in total. The lowest BCUT2D eigenvalue weighted by Crippen LogP contribution is -2.12. The summed E-state index contributed by atoms with van der Waals surface area (Å²) < 4.78 is 1.92. The topological polar surface area (TPSA) is 80.5 Å². The molecule has 0 saturated carbocycles. The van der Waals surface area contributed by atoms with Crippen molar-refractivity contribution in [2.75, 3.05) is 24.2 Å². The summed E-state index contributed by atoms with van der Waals surface area (Å²) in [6.07, 6.45) is 2.50. The van der Waals surface area contributed by atoms with Gasteiger partial charge in [0.1, 0.15) is 29.6 Å². The van der Waals surface area contributed by atoms with E-state index in [4.69, 9.17) is 0 Å². The van der Waals surface area contributed by atoms with Crippen molar-refractivity contribution in [1.29, 1.82) is 0 Å². The SMILES string of the molecule is CNc1cc(NCCc2nncn2C)nc(C(C)C)n1. The third-order valence-electron chi connectivity index (χ3n) is 2.98. The highest BCUT2D eigenvalue weighted by molar-refractivity contribution is 5.47. The number of rotatable bonds is 6. The number of hydrogen-bond donors (Lipinski definition) is 2. The molecule has 0 amide bonds. The van der Waals surface area contributed by atoms with Crippen molar-refractivity contribution in [3.05, 3.63) is 24.0 Å². The van der Waals surface area contributed by atoms with E-state index in [0.29, 0.717) is 5.92 Å². The second kappa shape index (κ2) is 6.31. The van der Waals surface area contributed by atoms with Crippen molar-refractivity contribution in [2.24, 2.45) is 7.05 Å². The van der Waals surface area contributed by atoms with Crippen LogP contribution in [0, 0.1) is 0 Å². The molecule has 0 bridgehead atoms. The summed E-state index contributed by atoms with van der Waals surface area (Å²) in [5, 5.41) is 14.3. The molecule has 2 heterocycles. The summed E-state index contributed by atoms with van der Waals surface area (Å²) >= 11 is 0. The largest absolute Gasteiger partial charge is 0.373 e. The van der Waals surface area contributed by atoms with E-state index in [1.54, 1.807) is 6.33 Å². The highest BCUT2D eigenvalue weighted by Gasteiger charge is 2.07. The zero-order chi connectivity index (χ0) is 14.5. The minimum atomic E-state index is 0.294. The summed E-state index contributed by atoms with van der Waals surface area (Å²) in [5.41, 5.74) is 0. The molecule has 2 rings (SSSR count). The van der Waals surface area contributed by atoms with Crippen molar-refractivity contribution in [3.63, 3.8) is 0 Å². The van der Waals surface area contributed by atoms with E-state index in [9.17, 15) is 0 Å². The van der Waals surface area contributed by atoms with E-state index in [2.05, 4.69) is 44.6 Å². The third-order valence-corrected chi connectivity index (χ3v) is 2.98. The van der Waals surface area contributed by atoms with E-state index in [1.807, 2.05) is 24.7 Å². The zero-order valence-corrected chi connectivity index (χ0v) is 12.4. The van der Waals surface area contributed by atoms with Crippen LogP contribution in [0.4, 0.5) is 11.6 Å². The van der Waals surface area contributed by atoms with Crippen molar-refractivity contribution < 1.29 is 0 Å². The molecule has 0 aromatic carbocycles. The molecule has 0 radical (unpaired) electrons. The number of anilines is 2. The van der Waals surface area contributed by atoms with E-state index >= 15 is 0 Å². The number of aromatic nitrogens is 5. The first-order valence-electron chi connectivity index (χ1n) is 6.73. The van der Waals surface area contributed by atoms with Crippen LogP contribution in [0.2, 0.25) is 0 Å². The van der Waals surface area contributed by atoms with Crippen LogP contribution in [-0.2, 0) is 13.5 Å². The molecule has 7 heteroatoms. The lowest BCUT2D eigenvalue weighted by Gasteiger charge is -2.11. The molecule has 0 fully saturated rings. The van der Waals surface area contributed by atoms with Gasteiger partial charge in [0.25, 0.3) is 0 Å². The predicted octanol–water partition coefficient (Wildman–Crippen LogP) is 1.42. The Morgan fingerprint density at radius 2 is 2.00 bits per heavy atom. The van der Waals surface area contributed by atoms with Crippen LogP contribution < -0.4 is 10.6 Å². The van der Waals surface area contributed by atoms with Crippen molar-refractivity contribution in [2.45, 2.75) is 26.2 Å². The average Bonchev–Trinajstić information content (AvgIpc) is 2.84. The molecule has 0 aliphatic carbocycles. The van der Waals surface area contributed by atoms with Gasteiger partial charge in [0.2, 0.25) is 0 Å². The Labute approximate surface area is 118 Å². The maximum Gasteiger partial charge on any atom is 0.135 e. The summed E-state index contributed by atoms with van der Waals surface area (Å²) in [6, 6.07) is 1.91. The molecule has 108 valence electrons. The van der Waals surface area contributed by atoms with Crippen LogP contribution in [0.5, 0.6) is 0 Å². The number of aryl methyl sites for hydroxylation is 1. The van der Waals surface area contributed by atoms with E-state index in [-0.39, 0.29) is 0 Å². The van der Waals surface area contributed by atoms with Gasteiger partial charge in [-0.1, -0.05) is 13.8 Å². The van der Waals surface area contributed by atoms with Crippen molar-refractivity contribution >= 4 is 11.6 Å². The smallest absolute Gasteiger partial charge is 0.135 e.